The quantitative estimate of drug-likeness (QED) is 0.847. The van der Waals surface area contributed by atoms with E-state index in [2.05, 4.69) is 21.2 Å². The van der Waals surface area contributed by atoms with Crippen molar-refractivity contribution in [1.82, 2.24) is 5.32 Å². The summed E-state index contributed by atoms with van der Waals surface area (Å²) < 4.78 is 0.699. The SMILES string of the molecule is O=C(NCc1cccc(Cl)c1)c1cccc(Br)c1Cl. The normalized spacial score (nSPS) is 10.3. The second kappa shape index (κ2) is 6.42. The van der Waals surface area contributed by atoms with Gasteiger partial charge >= 0.3 is 0 Å². The summed E-state index contributed by atoms with van der Waals surface area (Å²) in [5.41, 5.74) is 1.38. The summed E-state index contributed by atoms with van der Waals surface area (Å²) in [6.07, 6.45) is 0. The molecule has 0 fully saturated rings. The lowest BCUT2D eigenvalue weighted by Crippen LogP contribution is -2.23. The van der Waals surface area contributed by atoms with E-state index in [1.54, 1.807) is 24.3 Å². The van der Waals surface area contributed by atoms with Gasteiger partial charge in [0.1, 0.15) is 0 Å². The summed E-state index contributed by atoms with van der Waals surface area (Å²) in [4.78, 5) is 12.0. The third-order valence-electron chi connectivity index (χ3n) is 2.54. The molecule has 0 saturated carbocycles. The van der Waals surface area contributed by atoms with Crippen LogP contribution in [0.25, 0.3) is 0 Å². The molecule has 1 N–H and O–H groups in total. The van der Waals surface area contributed by atoms with E-state index in [0.717, 1.165) is 5.56 Å². The summed E-state index contributed by atoms with van der Waals surface area (Å²) in [6.45, 7) is 0.405. The fraction of sp³-hybridized carbons (Fsp3) is 0.0714. The van der Waals surface area contributed by atoms with Gasteiger partial charge in [0.15, 0.2) is 0 Å². The number of benzene rings is 2. The number of carbonyl (C=O) groups is 1. The molecular formula is C14H10BrCl2NO. The van der Waals surface area contributed by atoms with Crippen molar-refractivity contribution in [2.24, 2.45) is 0 Å². The smallest absolute Gasteiger partial charge is 0.253 e. The molecule has 2 rings (SSSR count). The number of rotatable bonds is 3. The Morgan fingerprint density at radius 1 is 1.16 bits per heavy atom. The molecule has 0 aliphatic carbocycles. The van der Waals surface area contributed by atoms with Crippen molar-refractivity contribution in [3.05, 3.63) is 68.1 Å². The molecule has 5 heteroatoms. The van der Waals surface area contributed by atoms with Gasteiger partial charge in [-0.15, -0.1) is 0 Å². The molecule has 0 heterocycles. The average molecular weight is 359 g/mol. The zero-order valence-corrected chi connectivity index (χ0v) is 12.9. The highest BCUT2D eigenvalue weighted by molar-refractivity contribution is 9.10. The number of halogens is 3. The van der Waals surface area contributed by atoms with Gasteiger partial charge in [-0.2, -0.15) is 0 Å². The maximum Gasteiger partial charge on any atom is 0.253 e. The van der Waals surface area contributed by atoms with Crippen LogP contribution >= 0.6 is 39.1 Å². The molecule has 2 aromatic rings. The third-order valence-corrected chi connectivity index (χ3v) is 4.07. The summed E-state index contributed by atoms with van der Waals surface area (Å²) in [7, 11) is 0. The third kappa shape index (κ3) is 3.72. The van der Waals surface area contributed by atoms with Crippen LogP contribution in [0.5, 0.6) is 0 Å². The van der Waals surface area contributed by atoms with Crippen molar-refractivity contribution in [1.29, 1.82) is 0 Å². The largest absolute Gasteiger partial charge is 0.348 e. The number of carbonyl (C=O) groups excluding carboxylic acids is 1. The minimum Gasteiger partial charge on any atom is -0.348 e. The van der Waals surface area contributed by atoms with Crippen molar-refractivity contribution in [2.75, 3.05) is 0 Å². The van der Waals surface area contributed by atoms with Crippen molar-refractivity contribution in [2.45, 2.75) is 6.54 Å². The Balaban J connectivity index is 2.08. The van der Waals surface area contributed by atoms with Crippen LogP contribution in [-0.2, 0) is 6.54 Å². The van der Waals surface area contributed by atoms with E-state index < -0.39 is 0 Å². The van der Waals surface area contributed by atoms with Gasteiger partial charge in [-0.1, -0.05) is 41.4 Å². The Labute approximate surface area is 129 Å². The van der Waals surface area contributed by atoms with E-state index in [0.29, 0.717) is 26.6 Å². The van der Waals surface area contributed by atoms with Crippen molar-refractivity contribution >= 4 is 45.0 Å². The molecule has 1 amide bonds. The van der Waals surface area contributed by atoms with Gasteiger partial charge in [-0.25, -0.2) is 0 Å². The van der Waals surface area contributed by atoms with Gasteiger partial charge < -0.3 is 5.32 Å². The van der Waals surface area contributed by atoms with E-state index >= 15 is 0 Å². The maximum atomic E-state index is 12.0. The number of hydrogen-bond donors (Lipinski definition) is 1. The molecule has 0 atom stereocenters. The van der Waals surface area contributed by atoms with Crippen molar-refractivity contribution in [3.63, 3.8) is 0 Å². The maximum absolute atomic E-state index is 12.0. The van der Waals surface area contributed by atoms with E-state index in [1.165, 1.54) is 0 Å². The Bertz CT molecular complexity index is 616. The zero-order valence-electron chi connectivity index (χ0n) is 9.79. The highest BCUT2D eigenvalue weighted by Crippen LogP contribution is 2.25. The zero-order chi connectivity index (χ0) is 13.8. The fourth-order valence-electron chi connectivity index (χ4n) is 1.60. The lowest BCUT2D eigenvalue weighted by molar-refractivity contribution is 0.0951. The highest BCUT2D eigenvalue weighted by atomic mass is 79.9. The Morgan fingerprint density at radius 3 is 2.63 bits per heavy atom. The van der Waals surface area contributed by atoms with E-state index in [9.17, 15) is 4.79 Å². The first-order valence-electron chi connectivity index (χ1n) is 5.54. The standard InChI is InChI=1S/C14H10BrCl2NO/c15-12-6-2-5-11(13(12)17)14(19)18-8-9-3-1-4-10(16)7-9/h1-7H,8H2,(H,18,19). The topological polar surface area (TPSA) is 29.1 Å². The molecule has 19 heavy (non-hydrogen) atoms. The monoisotopic (exact) mass is 357 g/mol. The predicted octanol–water partition coefficient (Wildman–Crippen LogP) is 4.69. The summed E-state index contributed by atoms with van der Waals surface area (Å²) in [5, 5.41) is 3.86. The number of hydrogen-bond acceptors (Lipinski definition) is 1. The average Bonchev–Trinajstić information content (AvgIpc) is 2.39. The van der Waals surface area contributed by atoms with Gasteiger partial charge in [-0.3, -0.25) is 4.79 Å². The predicted molar refractivity (Wildman–Crippen MR) is 81.8 cm³/mol. The second-order valence-electron chi connectivity index (χ2n) is 3.91. The first-order valence-corrected chi connectivity index (χ1v) is 7.09. The Morgan fingerprint density at radius 2 is 1.89 bits per heavy atom. The Hall–Kier alpha value is -1.03. The van der Waals surface area contributed by atoms with E-state index in [-0.39, 0.29) is 5.91 Å². The van der Waals surface area contributed by atoms with Gasteiger partial charge in [0, 0.05) is 16.0 Å². The summed E-state index contributed by atoms with van der Waals surface area (Å²) in [6, 6.07) is 12.6. The first-order chi connectivity index (χ1) is 9.08. The molecule has 0 bridgehead atoms. The van der Waals surface area contributed by atoms with Gasteiger partial charge in [0.25, 0.3) is 5.91 Å². The van der Waals surface area contributed by atoms with E-state index in [4.69, 9.17) is 23.2 Å². The molecule has 0 aliphatic heterocycles. The molecule has 2 nitrogen and oxygen atoms in total. The molecule has 2 aromatic carbocycles. The highest BCUT2D eigenvalue weighted by Gasteiger charge is 2.11. The van der Waals surface area contributed by atoms with Crippen LogP contribution in [0.3, 0.4) is 0 Å². The van der Waals surface area contributed by atoms with Crippen LogP contribution in [0.2, 0.25) is 10.0 Å². The molecule has 98 valence electrons. The molecule has 0 aromatic heterocycles. The van der Waals surface area contributed by atoms with Crippen LogP contribution in [0, 0.1) is 0 Å². The van der Waals surface area contributed by atoms with Gasteiger partial charge in [0.05, 0.1) is 10.6 Å². The summed E-state index contributed by atoms with van der Waals surface area (Å²) >= 11 is 15.2. The molecule has 0 saturated heterocycles. The number of amides is 1. The van der Waals surface area contributed by atoms with Crippen LogP contribution < -0.4 is 5.32 Å². The van der Waals surface area contributed by atoms with Crippen molar-refractivity contribution < 1.29 is 4.79 Å². The van der Waals surface area contributed by atoms with Crippen LogP contribution in [0.15, 0.2) is 46.9 Å². The van der Waals surface area contributed by atoms with Gasteiger partial charge in [0.2, 0.25) is 0 Å². The second-order valence-corrected chi connectivity index (χ2v) is 5.58. The fourth-order valence-corrected chi connectivity index (χ4v) is 2.39. The van der Waals surface area contributed by atoms with Crippen LogP contribution in [-0.4, -0.2) is 5.91 Å². The van der Waals surface area contributed by atoms with E-state index in [1.807, 2.05) is 18.2 Å². The summed E-state index contributed by atoms with van der Waals surface area (Å²) in [5.74, 6) is -0.216. The molecule has 0 spiro atoms. The molecule has 0 unspecified atom stereocenters. The lowest BCUT2D eigenvalue weighted by Gasteiger charge is -2.08. The van der Waals surface area contributed by atoms with Crippen LogP contribution in [0.1, 0.15) is 15.9 Å². The van der Waals surface area contributed by atoms with Crippen molar-refractivity contribution in [3.8, 4) is 0 Å². The molecular weight excluding hydrogens is 349 g/mol. The lowest BCUT2D eigenvalue weighted by atomic mass is 10.2. The first kappa shape index (κ1) is 14.4. The van der Waals surface area contributed by atoms with Gasteiger partial charge in [-0.05, 0) is 45.8 Å². The van der Waals surface area contributed by atoms with Crippen LogP contribution in [0.4, 0.5) is 0 Å². The minimum absolute atomic E-state index is 0.216. The Kier molecular flexibility index (Phi) is 4.86. The molecule has 0 radical (unpaired) electrons. The minimum atomic E-state index is -0.216. The number of nitrogens with one attached hydrogen (secondary N) is 1. The molecule has 0 aliphatic rings.